The Bertz CT molecular complexity index is 228. The number of aliphatic carboxylic acids is 1. The van der Waals surface area contributed by atoms with Gasteiger partial charge in [-0.3, -0.25) is 4.89 Å². The Kier molecular flexibility index (Phi) is 2.92. The topological polar surface area (TPSA) is 165 Å². The molecular weight excluding hydrogens is 192 g/mol. The lowest BCUT2D eigenvalue weighted by Gasteiger charge is -2.27. The molecule has 9 heteroatoms. The molecule has 0 aliphatic rings. The lowest BCUT2D eigenvalue weighted by molar-refractivity contribution is -0.353. The van der Waals surface area contributed by atoms with Crippen molar-refractivity contribution in [1.29, 1.82) is 0 Å². The highest BCUT2D eigenvalue weighted by atomic mass is 17.1. The molecule has 0 aromatic rings. The van der Waals surface area contributed by atoms with Crippen LogP contribution in [0.1, 0.15) is 0 Å². The summed E-state index contributed by atoms with van der Waals surface area (Å²) in [5.74, 6) is -13.2. The van der Waals surface area contributed by atoms with Gasteiger partial charge in [0.05, 0.1) is 0 Å². The van der Waals surface area contributed by atoms with E-state index in [0.29, 0.717) is 0 Å². The maximum absolute atomic E-state index is 10.2. The molecule has 0 rings (SSSR count). The number of carboxylic acids is 1. The van der Waals surface area contributed by atoms with Crippen LogP contribution in [0.3, 0.4) is 0 Å². The summed E-state index contributed by atoms with van der Waals surface area (Å²) in [7, 11) is 0. The van der Waals surface area contributed by atoms with Crippen LogP contribution in [-0.4, -0.2) is 54.3 Å². The molecule has 0 aromatic carbocycles. The van der Waals surface area contributed by atoms with Crippen LogP contribution in [0.25, 0.3) is 0 Å². The van der Waals surface area contributed by atoms with E-state index in [4.69, 9.17) is 30.8 Å². The lowest BCUT2D eigenvalue weighted by atomic mass is 10.1. The number of rotatable bonds is 3. The Balaban J connectivity index is 5.02. The van der Waals surface area contributed by atoms with Crippen molar-refractivity contribution in [3.05, 3.63) is 0 Å². The fraction of sp³-hybridized carbons (Fsp3) is 0.500. The molecule has 0 aliphatic heterocycles. The first-order valence-corrected chi connectivity index (χ1v) is 2.66. The summed E-state index contributed by atoms with van der Waals surface area (Å²) in [4.78, 5) is 22.9. The third-order valence-corrected chi connectivity index (χ3v) is 1.15. The summed E-state index contributed by atoms with van der Waals surface area (Å²) >= 11 is 0. The highest BCUT2D eigenvalue weighted by Gasteiger charge is 2.61. The third kappa shape index (κ3) is 1.74. The number of hydrogen-bond acceptors (Lipinski definition) is 8. The summed E-state index contributed by atoms with van der Waals surface area (Å²) < 4.78 is 0. The minimum Gasteiger partial charge on any atom is -0.477 e. The van der Waals surface area contributed by atoms with E-state index in [1.54, 1.807) is 0 Å². The van der Waals surface area contributed by atoms with Gasteiger partial charge in [0, 0.05) is 0 Å². The second kappa shape index (κ2) is 3.24. The Morgan fingerprint density at radius 3 is 1.62 bits per heavy atom. The average Bonchev–Trinajstić information content (AvgIpc) is 2.02. The number of hydrogen-bond donors (Lipinski definition) is 6. The van der Waals surface area contributed by atoms with Crippen molar-refractivity contribution in [1.82, 2.24) is 0 Å². The van der Waals surface area contributed by atoms with Crippen LogP contribution < -0.4 is 0 Å². The van der Waals surface area contributed by atoms with Crippen molar-refractivity contribution < 1.29 is 45.3 Å². The van der Waals surface area contributed by atoms with E-state index in [9.17, 15) is 9.59 Å². The molecule has 0 radical (unpaired) electrons. The molecule has 6 N–H and O–H groups in total. The predicted octanol–water partition coefficient (Wildman–Crippen LogP) is -3.55. The van der Waals surface area contributed by atoms with Gasteiger partial charge in [-0.05, 0) is 0 Å². The molecular formula is C4H6O9. The Morgan fingerprint density at radius 1 is 1.00 bits per heavy atom. The number of carboxylic acid groups (broad SMARTS) is 1. The highest BCUT2D eigenvalue weighted by Crippen LogP contribution is 2.18. The Labute approximate surface area is 70.0 Å². The van der Waals surface area contributed by atoms with Crippen molar-refractivity contribution in [3.63, 3.8) is 0 Å². The second-order valence-electron chi connectivity index (χ2n) is 2.03. The first-order chi connectivity index (χ1) is 5.67. The predicted molar refractivity (Wildman–Crippen MR) is 30.7 cm³/mol. The Hall–Kier alpha value is -1.26. The van der Waals surface area contributed by atoms with Gasteiger partial charge in [0.2, 0.25) is 0 Å². The van der Waals surface area contributed by atoms with Crippen LogP contribution in [-0.2, 0) is 14.5 Å². The van der Waals surface area contributed by atoms with Crippen molar-refractivity contribution in [3.8, 4) is 0 Å². The van der Waals surface area contributed by atoms with E-state index in [2.05, 4.69) is 4.89 Å². The zero-order valence-electron chi connectivity index (χ0n) is 5.91. The molecule has 0 bridgehead atoms. The monoisotopic (exact) mass is 198 g/mol. The summed E-state index contributed by atoms with van der Waals surface area (Å²) in [5.41, 5.74) is 0. The maximum atomic E-state index is 10.2. The van der Waals surface area contributed by atoms with E-state index in [1.807, 2.05) is 0 Å². The molecule has 0 fully saturated rings. The molecule has 13 heavy (non-hydrogen) atoms. The molecule has 0 atom stereocenters. The van der Waals surface area contributed by atoms with Crippen LogP contribution in [0.5, 0.6) is 0 Å². The summed E-state index contributed by atoms with van der Waals surface area (Å²) in [6.45, 7) is 0. The first kappa shape index (κ1) is 11.7. The fourth-order valence-corrected chi connectivity index (χ4v) is 0.355. The van der Waals surface area contributed by atoms with E-state index >= 15 is 0 Å². The summed E-state index contributed by atoms with van der Waals surface area (Å²) in [5, 5.41) is 49.6. The average molecular weight is 198 g/mol. The van der Waals surface area contributed by atoms with Gasteiger partial charge >= 0.3 is 23.5 Å². The number of carbonyl (C=O) groups excluding carboxylic acids is 1. The van der Waals surface area contributed by atoms with Crippen molar-refractivity contribution in [2.45, 2.75) is 11.6 Å². The second-order valence-corrected chi connectivity index (χ2v) is 2.03. The highest BCUT2D eigenvalue weighted by molar-refractivity contribution is 5.88. The number of aliphatic hydroxyl groups is 4. The molecule has 0 saturated carbocycles. The van der Waals surface area contributed by atoms with Gasteiger partial charge in [-0.2, -0.15) is 5.26 Å². The van der Waals surface area contributed by atoms with Gasteiger partial charge in [0.25, 0.3) is 0 Å². The summed E-state index contributed by atoms with van der Waals surface area (Å²) in [6.07, 6.45) is 0. The molecule has 0 saturated heterocycles. The Morgan fingerprint density at radius 2 is 1.38 bits per heavy atom. The minimum absolute atomic E-state index is 2.35. The SMILES string of the molecule is O=C(O)C(O)(O)C(O)(O)C(=O)OO. The summed E-state index contributed by atoms with van der Waals surface area (Å²) in [6, 6.07) is 0. The molecule has 0 amide bonds. The zero-order chi connectivity index (χ0) is 10.9. The van der Waals surface area contributed by atoms with E-state index in [-0.39, 0.29) is 0 Å². The molecule has 0 aromatic heterocycles. The van der Waals surface area contributed by atoms with E-state index in [1.165, 1.54) is 0 Å². The standard InChI is InChI=1S/C4H6O9/c5-1(6)3(8,9)4(10,11)2(7)13-12/h8-12H,(H,5,6). The molecule has 0 unspecified atom stereocenters. The van der Waals surface area contributed by atoms with Crippen molar-refractivity contribution in [2.24, 2.45) is 0 Å². The van der Waals surface area contributed by atoms with Crippen LogP contribution in [0.4, 0.5) is 0 Å². The van der Waals surface area contributed by atoms with Gasteiger partial charge in [-0.15, -0.1) is 0 Å². The van der Waals surface area contributed by atoms with Gasteiger partial charge in [0.15, 0.2) is 0 Å². The zero-order valence-corrected chi connectivity index (χ0v) is 5.91. The maximum Gasteiger partial charge on any atom is 0.407 e. The van der Waals surface area contributed by atoms with Crippen LogP contribution in [0.2, 0.25) is 0 Å². The van der Waals surface area contributed by atoms with Crippen LogP contribution in [0, 0.1) is 0 Å². The fourth-order valence-electron chi connectivity index (χ4n) is 0.355. The quantitative estimate of drug-likeness (QED) is 0.153. The van der Waals surface area contributed by atoms with Gasteiger partial charge in [-0.1, -0.05) is 0 Å². The third-order valence-electron chi connectivity index (χ3n) is 1.15. The normalized spacial score (nSPS) is 12.4. The van der Waals surface area contributed by atoms with E-state index in [0.717, 1.165) is 0 Å². The molecule has 9 nitrogen and oxygen atoms in total. The van der Waals surface area contributed by atoms with Crippen LogP contribution in [0.15, 0.2) is 0 Å². The van der Waals surface area contributed by atoms with Gasteiger partial charge in [-0.25, -0.2) is 9.59 Å². The molecule has 0 aliphatic carbocycles. The molecule has 0 heterocycles. The van der Waals surface area contributed by atoms with Gasteiger partial charge in [0.1, 0.15) is 0 Å². The van der Waals surface area contributed by atoms with Crippen molar-refractivity contribution in [2.75, 3.05) is 0 Å². The van der Waals surface area contributed by atoms with Gasteiger partial charge < -0.3 is 25.5 Å². The smallest absolute Gasteiger partial charge is 0.407 e. The molecule has 0 spiro atoms. The molecule has 76 valence electrons. The lowest BCUT2D eigenvalue weighted by Crippen LogP contribution is -2.64. The van der Waals surface area contributed by atoms with E-state index < -0.39 is 23.5 Å². The first-order valence-electron chi connectivity index (χ1n) is 2.66. The largest absolute Gasteiger partial charge is 0.477 e. The van der Waals surface area contributed by atoms with Crippen LogP contribution >= 0.6 is 0 Å². The number of carbonyl (C=O) groups is 2. The minimum atomic E-state index is -4.19. The van der Waals surface area contributed by atoms with Crippen molar-refractivity contribution >= 4 is 11.9 Å².